The quantitative estimate of drug-likeness (QED) is 0.669. The molecule has 0 radical (unpaired) electrons. The van der Waals surface area contributed by atoms with Crippen molar-refractivity contribution in [1.82, 2.24) is 10.4 Å². The minimum absolute atomic E-state index is 0.0108. The van der Waals surface area contributed by atoms with E-state index in [1.165, 1.54) is 11.1 Å². The Morgan fingerprint density at radius 1 is 1.38 bits per heavy atom. The molecule has 110 valence electrons. The van der Waals surface area contributed by atoms with Gasteiger partial charge in [-0.15, -0.1) is 0 Å². The molecule has 2 unspecified atom stereocenters. The Morgan fingerprint density at radius 3 is 3.00 bits per heavy atom. The summed E-state index contributed by atoms with van der Waals surface area (Å²) in [7, 11) is 1.70. The number of hydrogen-bond acceptors (Lipinski definition) is 4. The molecule has 0 spiro atoms. The molecule has 1 aromatic carbocycles. The van der Waals surface area contributed by atoms with E-state index in [9.17, 15) is 0 Å². The Hall–Kier alpha value is -1.91. The number of nitrogens with two attached hydrogens (primary N) is 1. The Morgan fingerprint density at radius 2 is 2.24 bits per heavy atom. The molecule has 1 heterocycles. The number of nitrogens with one attached hydrogen (secondary N) is 1. The van der Waals surface area contributed by atoms with E-state index in [1.807, 2.05) is 18.3 Å². The van der Waals surface area contributed by atoms with Crippen LogP contribution in [0.5, 0.6) is 5.75 Å². The fourth-order valence-corrected chi connectivity index (χ4v) is 3.27. The van der Waals surface area contributed by atoms with Crippen LogP contribution in [0.3, 0.4) is 0 Å². The van der Waals surface area contributed by atoms with Crippen LogP contribution in [0.1, 0.15) is 40.8 Å². The second-order valence-corrected chi connectivity index (χ2v) is 5.58. The molecule has 0 fully saturated rings. The molecule has 1 aromatic heterocycles. The lowest BCUT2D eigenvalue weighted by atomic mass is 9.90. The SMILES string of the molecule is COc1cc(C)ccc1C(NN)C1CCc2cccnc21. The van der Waals surface area contributed by atoms with E-state index < -0.39 is 0 Å². The van der Waals surface area contributed by atoms with Crippen LogP contribution in [0.4, 0.5) is 0 Å². The van der Waals surface area contributed by atoms with Crippen molar-refractivity contribution in [2.24, 2.45) is 5.84 Å². The minimum atomic E-state index is 0.0108. The van der Waals surface area contributed by atoms with Gasteiger partial charge in [0.25, 0.3) is 0 Å². The predicted octanol–water partition coefficient (Wildman–Crippen LogP) is 2.63. The van der Waals surface area contributed by atoms with Gasteiger partial charge in [-0.25, -0.2) is 0 Å². The number of rotatable bonds is 4. The average molecular weight is 283 g/mol. The molecule has 2 atom stereocenters. The highest BCUT2D eigenvalue weighted by Gasteiger charge is 2.32. The van der Waals surface area contributed by atoms with Gasteiger partial charge in [0.15, 0.2) is 0 Å². The van der Waals surface area contributed by atoms with E-state index in [1.54, 1.807) is 7.11 Å². The molecule has 1 aliphatic carbocycles. The zero-order valence-corrected chi connectivity index (χ0v) is 12.5. The largest absolute Gasteiger partial charge is 0.496 e. The van der Waals surface area contributed by atoms with E-state index in [0.29, 0.717) is 0 Å². The third-order valence-electron chi connectivity index (χ3n) is 4.31. The molecule has 2 aromatic rings. The molecule has 0 saturated carbocycles. The smallest absolute Gasteiger partial charge is 0.123 e. The topological polar surface area (TPSA) is 60.2 Å². The van der Waals surface area contributed by atoms with Crippen LogP contribution in [-0.4, -0.2) is 12.1 Å². The van der Waals surface area contributed by atoms with Crippen molar-refractivity contribution in [3.63, 3.8) is 0 Å². The molecule has 3 N–H and O–H groups in total. The Kier molecular flexibility index (Phi) is 3.90. The number of aryl methyl sites for hydroxylation is 2. The number of benzene rings is 1. The molecule has 21 heavy (non-hydrogen) atoms. The Bertz CT molecular complexity index is 642. The van der Waals surface area contributed by atoms with E-state index in [0.717, 1.165) is 29.8 Å². The Labute approximate surface area is 125 Å². The van der Waals surface area contributed by atoms with Crippen molar-refractivity contribution in [3.05, 3.63) is 58.9 Å². The number of pyridine rings is 1. The maximum atomic E-state index is 5.87. The zero-order valence-electron chi connectivity index (χ0n) is 12.5. The summed E-state index contributed by atoms with van der Waals surface area (Å²) in [5, 5.41) is 0. The minimum Gasteiger partial charge on any atom is -0.496 e. The van der Waals surface area contributed by atoms with Crippen molar-refractivity contribution >= 4 is 0 Å². The van der Waals surface area contributed by atoms with Crippen molar-refractivity contribution in [2.75, 3.05) is 7.11 Å². The number of hydrazine groups is 1. The summed E-state index contributed by atoms with van der Waals surface area (Å²) in [6.45, 7) is 2.06. The second kappa shape index (κ2) is 5.84. The summed E-state index contributed by atoms with van der Waals surface area (Å²) in [6.07, 6.45) is 3.97. The second-order valence-electron chi connectivity index (χ2n) is 5.58. The normalized spacial score (nSPS) is 18.3. The summed E-state index contributed by atoms with van der Waals surface area (Å²) in [5.74, 6) is 7.03. The van der Waals surface area contributed by atoms with E-state index in [4.69, 9.17) is 10.6 Å². The van der Waals surface area contributed by atoms with Crippen molar-refractivity contribution in [2.45, 2.75) is 31.7 Å². The zero-order chi connectivity index (χ0) is 14.8. The van der Waals surface area contributed by atoms with Crippen LogP contribution in [0, 0.1) is 6.92 Å². The highest BCUT2D eigenvalue weighted by atomic mass is 16.5. The fraction of sp³-hybridized carbons (Fsp3) is 0.353. The molecular weight excluding hydrogens is 262 g/mol. The van der Waals surface area contributed by atoms with Gasteiger partial charge in [0.1, 0.15) is 5.75 Å². The standard InChI is InChI=1S/C17H21N3O/c1-11-5-7-13(15(10-11)21-2)17(20-18)14-8-6-12-4-3-9-19-16(12)14/h3-5,7,9-10,14,17,20H,6,8,18H2,1-2H3. The van der Waals surface area contributed by atoms with Crippen LogP contribution >= 0.6 is 0 Å². The molecule has 0 aliphatic heterocycles. The van der Waals surface area contributed by atoms with Crippen LogP contribution < -0.4 is 16.0 Å². The number of ether oxygens (including phenoxy) is 1. The molecule has 0 bridgehead atoms. The Balaban J connectivity index is 2.00. The van der Waals surface area contributed by atoms with Crippen LogP contribution in [0.25, 0.3) is 0 Å². The molecular formula is C17H21N3O. The predicted molar refractivity (Wildman–Crippen MR) is 83.1 cm³/mol. The lowest BCUT2D eigenvalue weighted by molar-refractivity contribution is 0.383. The maximum absolute atomic E-state index is 5.87. The molecule has 4 nitrogen and oxygen atoms in total. The monoisotopic (exact) mass is 283 g/mol. The lowest BCUT2D eigenvalue weighted by Crippen LogP contribution is -2.32. The molecule has 3 rings (SSSR count). The van der Waals surface area contributed by atoms with Gasteiger partial charge in [0.05, 0.1) is 13.2 Å². The lowest BCUT2D eigenvalue weighted by Gasteiger charge is -2.25. The number of nitrogens with zero attached hydrogens (tertiary/aromatic N) is 1. The highest BCUT2D eigenvalue weighted by Crippen LogP contribution is 2.42. The molecule has 0 saturated heterocycles. The average Bonchev–Trinajstić information content (AvgIpc) is 2.93. The molecule has 4 heteroatoms. The van der Waals surface area contributed by atoms with Crippen LogP contribution in [0.15, 0.2) is 36.5 Å². The van der Waals surface area contributed by atoms with Gasteiger partial charge in [0, 0.05) is 23.4 Å². The number of fused-ring (bicyclic) bond motifs is 1. The number of hydrogen-bond donors (Lipinski definition) is 2. The molecule has 1 aliphatic rings. The highest BCUT2D eigenvalue weighted by molar-refractivity contribution is 5.42. The van der Waals surface area contributed by atoms with E-state index >= 15 is 0 Å². The summed E-state index contributed by atoms with van der Waals surface area (Å²) in [4.78, 5) is 4.57. The van der Waals surface area contributed by atoms with E-state index in [2.05, 4.69) is 35.5 Å². The van der Waals surface area contributed by atoms with Gasteiger partial charge < -0.3 is 4.74 Å². The first-order chi connectivity index (χ1) is 10.2. The van der Waals surface area contributed by atoms with Crippen molar-refractivity contribution in [3.8, 4) is 5.75 Å². The first kappa shape index (κ1) is 14.0. The van der Waals surface area contributed by atoms with Gasteiger partial charge in [-0.3, -0.25) is 16.3 Å². The first-order valence-corrected chi connectivity index (χ1v) is 7.29. The fourth-order valence-electron chi connectivity index (χ4n) is 3.27. The van der Waals surface area contributed by atoms with Crippen LogP contribution in [-0.2, 0) is 6.42 Å². The summed E-state index contributed by atoms with van der Waals surface area (Å²) >= 11 is 0. The van der Waals surface area contributed by atoms with Crippen molar-refractivity contribution < 1.29 is 4.74 Å². The van der Waals surface area contributed by atoms with Crippen LogP contribution in [0.2, 0.25) is 0 Å². The summed E-state index contributed by atoms with van der Waals surface area (Å²) < 4.78 is 5.54. The number of methoxy groups -OCH3 is 1. The summed E-state index contributed by atoms with van der Waals surface area (Å²) in [6, 6.07) is 10.4. The van der Waals surface area contributed by atoms with Gasteiger partial charge >= 0.3 is 0 Å². The first-order valence-electron chi connectivity index (χ1n) is 7.29. The third-order valence-corrected chi connectivity index (χ3v) is 4.31. The van der Waals surface area contributed by atoms with Gasteiger partial charge in [-0.2, -0.15) is 0 Å². The third kappa shape index (κ3) is 2.52. The summed E-state index contributed by atoms with van der Waals surface area (Å²) in [5.41, 5.74) is 7.73. The van der Waals surface area contributed by atoms with Gasteiger partial charge in [0.2, 0.25) is 0 Å². The van der Waals surface area contributed by atoms with E-state index in [-0.39, 0.29) is 12.0 Å². The number of aromatic nitrogens is 1. The van der Waals surface area contributed by atoms with Gasteiger partial charge in [-0.05, 0) is 43.0 Å². The maximum Gasteiger partial charge on any atom is 0.123 e. The van der Waals surface area contributed by atoms with Crippen molar-refractivity contribution in [1.29, 1.82) is 0 Å². The molecule has 0 amide bonds. The van der Waals surface area contributed by atoms with Gasteiger partial charge in [-0.1, -0.05) is 18.2 Å².